The fourth-order valence-corrected chi connectivity index (χ4v) is 2.36. The monoisotopic (exact) mass is 273 g/mol. The smallest absolute Gasteiger partial charge is 0.244 e. The molecule has 0 unspecified atom stereocenters. The highest BCUT2D eigenvalue weighted by Crippen LogP contribution is 2.24. The maximum Gasteiger partial charge on any atom is 0.244 e. The first-order chi connectivity index (χ1) is 9.38. The summed E-state index contributed by atoms with van der Waals surface area (Å²) in [5, 5.41) is 0. The molecule has 4 nitrogen and oxygen atoms in total. The van der Waals surface area contributed by atoms with Crippen molar-refractivity contribution in [1.29, 1.82) is 0 Å². The van der Waals surface area contributed by atoms with Crippen LogP contribution >= 0.6 is 0 Å². The second-order valence-corrected chi connectivity index (χ2v) is 5.67. The Hall–Kier alpha value is -1.97. The first kappa shape index (κ1) is 14.4. The SMILES string of the molecule is C=C(CN1Cc2ccc(C(C)C)cc2CC1=O)[N+](C)=O. The van der Waals surface area contributed by atoms with Crippen LogP contribution in [0.25, 0.3) is 0 Å². The molecule has 0 atom stereocenters. The fraction of sp³-hybridized carbons (Fsp3) is 0.438. The van der Waals surface area contributed by atoms with Crippen LogP contribution < -0.4 is 0 Å². The van der Waals surface area contributed by atoms with Gasteiger partial charge in [-0.05, 0) is 29.2 Å². The van der Waals surface area contributed by atoms with E-state index in [0.717, 1.165) is 11.1 Å². The van der Waals surface area contributed by atoms with Gasteiger partial charge in [-0.1, -0.05) is 32.0 Å². The van der Waals surface area contributed by atoms with E-state index in [1.165, 1.54) is 12.6 Å². The average Bonchev–Trinajstić information content (AvgIpc) is 2.38. The lowest BCUT2D eigenvalue weighted by Crippen LogP contribution is -2.38. The van der Waals surface area contributed by atoms with E-state index >= 15 is 0 Å². The summed E-state index contributed by atoms with van der Waals surface area (Å²) in [7, 11) is 1.40. The lowest BCUT2D eigenvalue weighted by molar-refractivity contribution is -0.468. The minimum absolute atomic E-state index is 0.0569. The third-order valence-corrected chi connectivity index (χ3v) is 3.77. The van der Waals surface area contributed by atoms with E-state index in [0.29, 0.717) is 35.9 Å². The number of rotatable bonds is 4. The number of hydrogen-bond acceptors (Lipinski definition) is 2. The second-order valence-electron chi connectivity index (χ2n) is 5.67. The lowest BCUT2D eigenvalue weighted by atomic mass is 9.93. The van der Waals surface area contributed by atoms with Crippen LogP contribution in [0.5, 0.6) is 0 Å². The Labute approximate surface area is 119 Å². The standard InChI is InChI=1S/C16H21N2O2/c1-11(2)13-5-6-14-10-18(9-12(3)17(4)20)16(19)8-15(14)7-13/h5-7,11H,3,8-10H2,1-2,4H3/q+1. The van der Waals surface area contributed by atoms with E-state index in [1.807, 2.05) is 0 Å². The molecule has 0 saturated heterocycles. The minimum atomic E-state index is 0.0569. The van der Waals surface area contributed by atoms with E-state index in [-0.39, 0.29) is 5.91 Å². The van der Waals surface area contributed by atoms with Crippen molar-refractivity contribution in [1.82, 2.24) is 4.90 Å². The number of hydrogen-bond donors (Lipinski definition) is 0. The number of benzene rings is 1. The van der Waals surface area contributed by atoms with E-state index in [1.54, 1.807) is 4.90 Å². The first-order valence-electron chi connectivity index (χ1n) is 6.86. The first-order valence-corrected chi connectivity index (χ1v) is 6.86. The van der Waals surface area contributed by atoms with Gasteiger partial charge < -0.3 is 4.90 Å². The summed E-state index contributed by atoms with van der Waals surface area (Å²) >= 11 is 0. The highest BCUT2D eigenvalue weighted by Gasteiger charge is 2.26. The number of carbonyl (C=O) groups is 1. The summed E-state index contributed by atoms with van der Waals surface area (Å²) in [5.74, 6) is 0.517. The van der Waals surface area contributed by atoms with Gasteiger partial charge in [0.2, 0.25) is 11.6 Å². The van der Waals surface area contributed by atoms with E-state index in [4.69, 9.17) is 0 Å². The van der Waals surface area contributed by atoms with Crippen molar-refractivity contribution in [3.63, 3.8) is 0 Å². The number of fused-ring (bicyclic) bond motifs is 1. The van der Waals surface area contributed by atoms with Gasteiger partial charge >= 0.3 is 0 Å². The Morgan fingerprint density at radius 3 is 2.70 bits per heavy atom. The molecule has 0 fully saturated rings. The van der Waals surface area contributed by atoms with Crippen LogP contribution in [-0.4, -0.2) is 29.2 Å². The molecule has 0 radical (unpaired) electrons. The van der Waals surface area contributed by atoms with Crippen molar-refractivity contribution in [3.05, 3.63) is 52.1 Å². The molecule has 0 saturated carbocycles. The Balaban J connectivity index is 2.19. The van der Waals surface area contributed by atoms with Gasteiger partial charge in [-0.2, -0.15) is 0 Å². The van der Waals surface area contributed by atoms with Crippen molar-refractivity contribution in [2.24, 2.45) is 0 Å². The van der Waals surface area contributed by atoms with Crippen molar-refractivity contribution in [2.75, 3.05) is 13.6 Å². The number of carbonyl (C=O) groups excluding carboxylic acids is 1. The molecule has 0 N–H and O–H groups in total. The molecule has 0 aromatic heterocycles. The maximum atomic E-state index is 12.2. The van der Waals surface area contributed by atoms with Gasteiger partial charge in [-0.25, -0.2) is 0 Å². The quantitative estimate of drug-likeness (QED) is 0.791. The molecule has 1 aliphatic rings. The van der Waals surface area contributed by atoms with Gasteiger partial charge in [0, 0.05) is 16.2 Å². The third kappa shape index (κ3) is 2.95. The number of nitroso groups, excluding NO2 is 1. The van der Waals surface area contributed by atoms with Crippen molar-refractivity contribution in [3.8, 4) is 0 Å². The second kappa shape index (κ2) is 5.57. The largest absolute Gasteiger partial charge is 0.327 e. The fourth-order valence-electron chi connectivity index (χ4n) is 2.36. The van der Waals surface area contributed by atoms with Crippen LogP contribution in [0.1, 0.15) is 36.5 Å². The topological polar surface area (TPSA) is 40.4 Å². The summed E-state index contributed by atoms with van der Waals surface area (Å²) in [6.07, 6.45) is 0.408. The van der Waals surface area contributed by atoms with Crippen molar-refractivity contribution in [2.45, 2.75) is 32.7 Å². The average molecular weight is 273 g/mol. The summed E-state index contributed by atoms with van der Waals surface area (Å²) in [6.45, 7) is 8.84. The van der Waals surface area contributed by atoms with Gasteiger partial charge in [-0.3, -0.25) is 4.79 Å². The van der Waals surface area contributed by atoms with Crippen LogP contribution in [-0.2, 0) is 17.8 Å². The van der Waals surface area contributed by atoms with E-state index in [2.05, 4.69) is 38.6 Å². The molecule has 1 amide bonds. The summed E-state index contributed by atoms with van der Waals surface area (Å²) < 4.78 is 0.713. The molecule has 1 aliphatic heterocycles. The molecule has 0 spiro atoms. The Kier molecular flexibility index (Phi) is 4.02. The third-order valence-electron chi connectivity index (χ3n) is 3.77. The molecule has 0 bridgehead atoms. The zero-order valence-corrected chi connectivity index (χ0v) is 12.3. The predicted molar refractivity (Wildman–Crippen MR) is 78.3 cm³/mol. The van der Waals surface area contributed by atoms with E-state index in [9.17, 15) is 9.70 Å². The summed E-state index contributed by atoms with van der Waals surface area (Å²) in [4.78, 5) is 25.0. The molecule has 1 heterocycles. The molecule has 106 valence electrons. The molecule has 2 rings (SSSR count). The Bertz CT molecular complexity index is 576. The molecule has 0 aliphatic carbocycles. The van der Waals surface area contributed by atoms with Crippen LogP contribution in [0.4, 0.5) is 0 Å². The Morgan fingerprint density at radius 1 is 1.40 bits per heavy atom. The molecular weight excluding hydrogens is 252 g/mol. The van der Waals surface area contributed by atoms with E-state index < -0.39 is 0 Å². The zero-order valence-electron chi connectivity index (χ0n) is 12.3. The lowest BCUT2D eigenvalue weighted by Gasteiger charge is -2.28. The maximum absolute atomic E-state index is 12.2. The van der Waals surface area contributed by atoms with Gasteiger partial charge in [-0.15, -0.1) is 0 Å². The van der Waals surface area contributed by atoms with Gasteiger partial charge in [0.25, 0.3) is 0 Å². The highest BCUT2D eigenvalue weighted by molar-refractivity contribution is 5.81. The van der Waals surface area contributed by atoms with Crippen molar-refractivity contribution >= 4 is 5.91 Å². The molecule has 4 heteroatoms. The molecular formula is C16H21N2O2+. The number of nitrogens with zero attached hydrogens (tertiary/aromatic N) is 2. The summed E-state index contributed by atoms with van der Waals surface area (Å²) in [5.41, 5.74) is 3.93. The van der Waals surface area contributed by atoms with Crippen LogP contribution in [0.2, 0.25) is 0 Å². The zero-order chi connectivity index (χ0) is 14.9. The van der Waals surface area contributed by atoms with Gasteiger partial charge in [0.15, 0.2) is 7.05 Å². The van der Waals surface area contributed by atoms with Crippen LogP contribution in [0.3, 0.4) is 0 Å². The minimum Gasteiger partial charge on any atom is -0.327 e. The van der Waals surface area contributed by atoms with Crippen LogP contribution in [0.15, 0.2) is 30.5 Å². The molecule has 1 aromatic carbocycles. The predicted octanol–water partition coefficient (Wildman–Crippen LogP) is 2.62. The van der Waals surface area contributed by atoms with Crippen molar-refractivity contribution < 1.29 is 9.55 Å². The molecule has 1 aromatic rings. The van der Waals surface area contributed by atoms with Gasteiger partial charge in [0.1, 0.15) is 6.54 Å². The van der Waals surface area contributed by atoms with Crippen LogP contribution in [0, 0.1) is 4.91 Å². The van der Waals surface area contributed by atoms with Gasteiger partial charge in [0.05, 0.1) is 6.42 Å². The number of amides is 1. The Morgan fingerprint density at radius 2 is 2.10 bits per heavy atom. The highest BCUT2D eigenvalue weighted by atomic mass is 16.3. The summed E-state index contributed by atoms with van der Waals surface area (Å²) in [6, 6.07) is 6.34. The molecule has 20 heavy (non-hydrogen) atoms. The number of likely N-dealkylation sites (N-methyl/N-ethyl adjacent to an activating group) is 1. The normalized spacial score (nSPS) is 14.4.